The molecule has 12 nitrogen and oxygen atoms in total. The number of amides is 1. The van der Waals surface area contributed by atoms with Gasteiger partial charge in [-0.15, -0.1) is 0 Å². The molecule has 14 heteroatoms. The Morgan fingerprint density at radius 1 is 0.957 bits per heavy atom. The molecule has 0 atom stereocenters. The molecule has 1 aromatic carbocycles. The van der Waals surface area contributed by atoms with Gasteiger partial charge in [0.1, 0.15) is 17.2 Å². The summed E-state index contributed by atoms with van der Waals surface area (Å²) in [5.74, 6) is -2.32. The fourth-order valence-electron chi connectivity index (χ4n) is 5.28. The van der Waals surface area contributed by atoms with E-state index in [9.17, 15) is 28.0 Å². The molecule has 0 fully saturated rings. The van der Waals surface area contributed by atoms with Crippen LogP contribution >= 0.6 is 0 Å². The maximum atomic E-state index is 14.0. The molecule has 0 aliphatic carbocycles. The Bertz CT molecular complexity index is 2050. The summed E-state index contributed by atoms with van der Waals surface area (Å²) in [6.07, 6.45) is 5.43. The number of aromatic nitrogens is 6. The maximum absolute atomic E-state index is 14.0. The Hall–Kier alpha value is -5.24. The van der Waals surface area contributed by atoms with Crippen molar-refractivity contribution in [3.63, 3.8) is 0 Å². The number of rotatable bonds is 14. The van der Waals surface area contributed by atoms with E-state index in [1.54, 1.807) is 37.6 Å². The van der Waals surface area contributed by atoms with E-state index in [2.05, 4.69) is 15.0 Å². The van der Waals surface area contributed by atoms with Crippen LogP contribution in [0.2, 0.25) is 0 Å². The number of hydrogen-bond donors (Lipinski definition) is 1. The minimum atomic E-state index is -1.16. The van der Waals surface area contributed by atoms with Gasteiger partial charge in [-0.05, 0) is 62.1 Å². The first-order chi connectivity index (χ1) is 22.7. The largest absolute Gasteiger partial charge is 0.385 e. The van der Waals surface area contributed by atoms with Crippen molar-refractivity contribution in [1.82, 2.24) is 28.7 Å². The Morgan fingerprint density at radius 3 is 2.49 bits per heavy atom. The second kappa shape index (κ2) is 14.9. The fourth-order valence-corrected chi connectivity index (χ4v) is 5.28. The number of hydrogen-bond acceptors (Lipinski definition) is 7. The number of anilines is 1. The highest BCUT2D eigenvalue weighted by Gasteiger charge is 2.22. The first-order valence-electron chi connectivity index (χ1n) is 15.3. The molecule has 5 rings (SSSR count). The predicted molar refractivity (Wildman–Crippen MR) is 173 cm³/mol. The van der Waals surface area contributed by atoms with Crippen LogP contribution in [-0.2, 0) is 24.4 Å². The summed E-state index contributed by atoms with van der Waals surface area (Å²) >= 11 is 0. The van der Waals surface area contributed by atoms with Gasteiger partial charge < -0.3 is 14.3 Å². The summed E-state index contributed by atoms with van der Waals surface area (Å²) in [5.41, 5.74) is -0.260. The average molecular weight is 648 g/mol. The van der Waals surface area contributed by atoms with Crippen LogP contribution in [0.5, 0.6) is 0 Å². The molecule has 1 N–H and O–H groups in total. The van der Waals surface area contributed by atoms with E-state index in [-0.39, 0.29) is 41.2 Å². The van der Waals surface area contributed by atoms with Crippen molar-refractivity contribution in [3.05, 3.63) is 109 Å². The van der Waals surface area contributed by atoms with Crippen LogP contribution in [0.15, 0.2) is 75.3 Å². The van der Waals surface area contributed by atoms with E-state index >= 15 is 0 Å². The summed E-state index contributed by atoms with van der Waals surface area (Å²) in [5, 5.41) is 0. The number of ether oxygens (including phenoxy) is 1. The van der Waals surface area contributed by atoms with Crippen LogP contribution in [0.4, 0.5) is 14.6 Å². The molecule has 0 unspecified atom stereocenters. The molecule has 246 valence electrons. The highest BCUT2D eigenvalue weighted by molar-refractivity contribution is 6.05. The van der Waals surface area contributed by atoms with Crippen molar-refractivity contribution >= 4 is 22.9 Å². The summed E-state index contributed by atoms with van der Waals surface area (Å²) < 4.78 is 37.0. The highest BCUT2D eigenvalue weighted by atomic mass is 19.2. The number of aromatic amines is 1. The van der Waals surface area contributed by atoms with Gasteiger partial charge in [0, 0.05) is 69.5 Å². The van der Waals surface area contributed by atoms with E-state index in [4.69, 9.17) is 4.74 Å². The van der Waals surface area contributed by atoms with Crippen molar-refractivity contribution in [2.45, 2.75) is 52.2 Å². The summed E-state index contributed by atoms with van der Waals surface area (Å²) in [7, 11) is 1.61. The first-order valence-corrected chi connectivity index (χ1v) is 15.3. The Balaban J connectivity index is 1.47. The third kappa shape index (κ3) is 7.27. The molecular formula is C33H35F2N7O5. The maximum Gasteiger partial charge on any atom is 0.332 e. The fraction of sp³-hybridized carbons (Fsp3) is 0.333. The smallest absolute Gasteiger partial charge is 0.332 e. The Kier molecular flexibility index (Phi) is 10.5. The molecule has 0 radical (unpaired) electrons. The summed E-state index contributed by atoms with van der Waals surface area (Å²) in [6.45, 7) is 3.45. The second-order valence-electron chi connectivity index (χ2n) is 11.0. The normalized spacial score (nSPS) is 11.3. The lowest BCUT2D eigenvalue weighted by Gasteiger charge is -2.22. The number of imidazole rings is 1. The van der Waals surface area contributed by atoms with Gasteiger partial charge in [0.25, 0.3) is 11.5 Å². The number of benzene rings is 1. The molecule has 0 bridgehead atoms. The van der Waals surface area contributed by atoms with Gasteiger partial charge in [0.15, 0.2) is 17.3 Å². The first kappa shape index (κ1) is 33.1. The van der Waals surface area contributed by atoms with Crippen LogP contribution in [0.25, 0.3) is 22.6 Å². The number of halogens is 2. The Labute approximate surface area is 267 Å². The van der Waals surface area contributed by atoms with Gasteiger partial charge in [-0.25, -0.2) is 23.5 Å². The van der Waals surface area contributed by atoms with Crippen LogP contribution in [-0.4, -0.2) is 54.8 Å². The third-order valence-electron chi connectivity index (χ3n) is 7.68. The molecule has 0 spiro atoms. The number of carbonyl (C=O) groups is 1. The van der Waals surface area contributed by atoms with E-state index < -0.39 is 28.8 Å². The number of pyridine rings is 2. The van der Waals surface area contributed by atoms with Crippen molar-refractivity contribution < 1.29 is 18.3 Å². The van der Waals surface area contributed by atoms with Crippen molar-refractivity contribution in [2.24, 2.45) is 0 Å². The topological polar surface area (TPSA) is 137 Å². The van der Waals surface area contributed by atoms with Gasteiger partial charge in [0.05, 0.1) is 0 Å². The molecule has 0 saturated carbocycles. The SMILES string of the molecule is CCCn1c(=O)c2[nH]c(-c3ccc(N(CCCn4ccccc4=O)C(=O)c4ccc(F)c(F)c4)nc3)nc2n(CCCCOC)c1=O. The molecule has 4 heterocycles. The number of H-pyrrole nitrogens is 1. The van der Waals surface area contributed by atoms with E-state index in [1.165, 1.54) is 36.9 Å². The monoisotopic (exact) mass is 647 g/mol. The number of fused-ring (bicyclic) bond motifs is 1. The van der Waals surface area contributed by atoms with Crippen LogP contribution in [0, 0.1) is 11.6 Å². The predicted octanol–water partition coefficient (Wildman–Crippen LogP) is 3.96. The molecule has 1 amide bonds. The standard InChI is InChI=1S/C33H35F2N7O5/c1-3-14-42-32(45)28-30(41(33(42)46)17-6-7-19-47-2)38-29(37-28)23-11-13-26(36-21-23)40(18-8-16-39-15-5-4-9-27(39)43)31(44)22-10-12-24(34)25(35)20-22/h4-5,9-13,15,20-21H,3,6-8,14,16-19H2,1-2H3,(H,37,38). The molecule has 47 heavy (non-hydrogen) atoms. The number of carbonyl (C=O) groups excluding carboxylic acids is 1. The number of nitrogens with one attached hydrogen (secondary N) is 1. The molecule has 5 aromatic rings. The summed E-state index contributed by atoms with van der Waals surface area (Å²) in [6, 6.07) is 10.9. The quantitative estimate of drug-likeness (QED) is 0.180. The van der Waals surface area contributed by atoms with Crippen molar-refractivity contribution in [2.75, 3.05) is 25.2 Å². The number of nitrogens with zero attached hydrogens (tertiary/aromatic N) is 6. The van der Waals surface area contributed by atoms with Crippen LogP contribution < -0.4 is 21.7 Å². The zero-order valence-electron chi connectivity index (χ0n) is 26.1. The van der Waals surface area contributed by atoms with Crippen LogP contribution in [0.1, 0.15) is 43.0 Å². The Morgan fingerprint density at radius 2 is 1.79 bits per heavy atom. The summed E-state index contributed by atoms with van der Waals surface area (Å²) in [4.78, 5) is 65.7. The molecule has 0 aliphatic rings. The van der Waals surface area contributed by atoms with Gasteiger partial charge in [-0.1, -0.05) is 13.0 Å². The molecule has 0 saturated heterocycles. The minimum Gasteiger partial charge on any atom is -0.385 e. The van der Waals surface area contributed by atoms with Crippen molar-refractivity contribution in [1.29, 1.82) is 0 Å². The number of unbranched alkanes of at least 4 members (excludes halogenated alkanes) is 1. The van der Waals surface area contributed by atoms with Crippen LogP contribution in [0.3, 0.4) is 0 Å². The average Bonchev–Trinajstić information content (AvgIpc) is 3.52. The highest BCUT2D eigenvalue weighted by Crippen LogP contribution is 2.23. The lowest BCUT2D eigenvalue weighted by molar-refractivity contribution is 0.0985. The minimum absolute atomic E-state index is 0.0734. The van der Waals surface area contributed by atoms with Crippen molar-refractivity contribution in [3.8, 4) is 11.4 Å². The van der Waals surface area contributed by atoms with Gasteiger partial charge >= 0.3 is 5.69 Å². The van der Waals surface area contributed by atoms with Gasteiger partial charge in [-0.3, -0.25) is 28.4 Å². The third-order valence-corrected chi connectivity index (χ3v) is 7.68. The lowest BCUT2D eigenvalue weighted by atomic mass is 10.1. The number of methoxy groups -OCH3 is 1. The lowest BCUT2D eigenvalue weighted by Crippen LogP contribution is -2.40. The zero-order valence-corrected chi connectivity index (χ0v) is 26.1. The molecule has 0 aliphatic heterocycles. The van der Waals surface area contributed by atoms with E-state index in [0.717, 1.165) is 18.6 Å². The van der Waals surface area contributed by atoms with Gasteiger partial charge in [0.2, 0.25) is 5.56 Å². The van der Waals surface area contributed by atoms with E-state index in [0.29, 0.717) is 50.3 Å². The zero-order chi connectivity index (χ0) is 33.5. The van der Waals surface area contributed by atoms with Gasteiger partial charge in [-0.2, -0.15) is 0 Å². The second-order valence-corrected chi connectivity index (χ2v) is 11.0. The molecule has 4 aromatic heterocycles. The number of aryl methyl sites for hydroxylation is 2. The van der Waals surface area contributed by atoms with E-state index in [1.807, 2.05) is 6.92 Å². The molecular weight excluding hydrogens is 612 g/mol.